The van der Waals surface area contributed by atoms with Crippen molar-refractivity contribution in [3.05, 3.63) is 29.8 Å². The van der Waals surface area contributed by atoms with E-state index in [1.54, 1.807) is 4.90 Å². The number of benzene rings is 1. The highest BCUT2D eigenvalue weighted by molar-refractivity contribution is 5.78. The van der Waals surface area contributed by atoms with Crippen molar-refractivity contribution in [1.82, 2.24) is 9.80 Å². The van der Waals surface area contributed by atoms with E-state index in [1.807, 2.05) is 14.1 Å². The molecule has 0 bridgehead atoms. The number of ether oxygens (including phenoxy) is 1. The minimum Gasteiger partial charge on any atom is -0.484 e. The zero-order valence-corrected chi connectivity index (χ0v) is 13.3. The van der Waals surface area contributed by atoms with Crippen LogP contribution in [0.4, 0.5) is 13.2 Å². The second kappa shape index (κ2) is 7.21. The van der Waals surface area contributed by atoms with Crippen LogP contribution >= 0.6 is 0 Å². The van der Waals surface area contributed by atoms with Crippen LogP contribution in [0.25, 0.3) is 0 Å². The molecule has 1 atom stereocenters. The molecule has 128 valence electrons. The third-order valence-corrected chi connectivity index (χ3v) is 3.81. The fraction of sp³-hybridized carbons (Fsp3) is 0.562. The Balaban J connectivity index is 1.81. The molecule has 7 heteroatoms. The Hall–Kier alpha value is -1.76. The lowest BCUT2D eigenvalue weighted by Gasteiger charge is -2.18. The molecule has 0 aliphatic carbocycles. The molecule has 1 aliphatic heterocycles. The van der Waals surface area contributed by atoms with Crippen LogP contribution < -0.4 is 4.74 Å². The van der Waals surface area contributed by atoms with Crippen molar-refractivity contribution in [3.8, 4) is 5.75 Å². The molecule has 1 fully saturated rings. The lowest BCUT2D eigenvalue weighted by atomic mass is 10.1. The molecule has 2 rings (SSSR count). The number of hydrogen-bond donors (Lipinski definition) is 0. The number of nitrogens with zero attached hydrogens (tertiary/aromatic N) is 2. The number of hydrogen-bond acceptors (Lipinski definition) is 3. The van der Waals surface area contributed by atoms with E-state index >= 15 is 0 Å². The molecule has 1 amide bonds. The minimum atomic E-state index is -4.37. The van der Waals surface area contributed by atoms with Gasteiger partial charge in [-0.05, 0) is 50.7 Å². The fourth-order valence-corrected chi connectivity index (χ4v) is 2.70. The largest absolute Gasteiger partial charge is 0.484 e. The van der Waals surface area contributed by atoms with Crippen molar-refractivity contribution in [3.63, 3.8) is 0 Å². The van der Waals surface area contributed by atoms with Crippen LogP contribution in [0.15, 0.2) is 24.3 Å². The van der Waals surface area contributed by atoms with Gasteiger partial charge < -0.3 is 14.5 Å². The fourth-order valence-electron chi connectivity index (χ4n) is 2.70. The number of alkyl halides is 3. The monoisotopic (exact) mass is 330 g/mol. The predicted octanol–water partition coefficient (Wildman–Crippen LogP) is 2.49. The first kappa shape index (κ1) is 17.6. The van der Waals surface area contributed by atoms with Gasteiger partial charge >= 0.3 is 6.18 Å². The van der Waals surface area contributed by atoms with Gasteiger partial charge in [0, 0.05) is 19.6 Å². The van der Waals surface area contributed by atoms with Gasteiger partial charge in [0.15, 0.2) is 6.61 Å². The van der Waals surface area contributed by atoms with Crippen molar-refractivity contribution in [2.24, 2.45) is 5.92 Å². The number of likely N-dealkylation sites (tertiary alicyclic amines) is 1. The molecule has 1 heterocycles. The number of amides is 1. The Labute approximate surface area is 133 Å². The summed E-state index contributed by atoms with van der Waals surface area (Å²) >= 11 is 0. The normalized spacial score (nSPS) is 18.5. The summed E-state index contributed by atoms with van der Waals surface area (Å²) in [7, 11) is 4.00. The lowest BCUT2D eigenvalue weighted by molar-refractivity contribution is -0.137. The summed E-state index contributed by atoms with van der Waals surface area (Å²) in [4.78, 5) is 15.9. The third kappa shape index (κ3) is 5.13. The van der Waals surface area contributed by atoms with Crippen LogP contribution in [0.1, 0.15) is 12.0 Å². The first-order chi connectivity index (χ1) is 10.8. The van der Waals surface area contributed by atoms with E-state index in [9.17, 15) is 18.0 Å². The van der Waals surface area contributed by atoms with Gasteiger partial charge in [-0.25, -0.2) is 0 Å². The van der Waals surface area contributed by atoms with Crippen molar-refractivity contribution in [2.75, 3.05) is 40.3 Å². The first-order valence-corrected chi connectivity index (χ1v) is 7.48. The Morgan fingerprint density at radius 1 is 1.30 bits per heavy atom. The quantitative estimate of drug-likeness (QED) is 0.832. The zero-order chi connectivity index (χ0) is 17.0. The molecule has 0 saturated carbocycles. The lowest BCUT2D eigenvalue weighted by Crippen LogP contribution is -2.34. The van der Waals surface area contributed by atoms with Gasteiger partial charge in [0.1, 0.15) is 5.75 Å². The van der Waals surface area contributed by atoms with E-state index in [0.29, 0.717) is 19.0 Å². The molecule has 0 radical (unpaired) electrons. The number of carbonyl (C=O) groups is 1. The van der Waals surface area contributed by atoms with Gasteiger partial charge in [-0.15, -0.1) is 0 Å². The maximum absolute atomic E-state index is 12.5. The van der Waals surface area contributed by atoms with Crippen LogP contribution in [0, 0.1) is 5.92 Å². The van der Waals surface area contributed by atoms with E-state index in [1.165, 1.54) is 12.1 Å². The number of halogens is 3. The standard InChI is InChI=1S/C16H21F3N2O2/c1-20(2)9-12-7-8-21(10-12)15(22)11-23-14-5-3-13(4-6-14)16(17,18)19/h3-6,12H,7-11H2,1-2H3/t12-/m0/s1. The van der Waals surface area contributed by atoms with Crippen molar-refractivity contribution in [1.29, 1.82) is 0 Å². The maximum Gasteiger partial charge on any atom is 0.416 e. The first-order valence-electron chi connectivity index (χ1n) is 7.48. The van der Waals surface area contributed by atoms with Gasteiger partial charge in [-0.1, -0.05) is 0 Å². The molecule has 1 aromatic rings. The van der Waals surface area contributed by atoms with E-state index in [-0.39, 0.29) is 18.3 Å². The van der Waals surface area contributed by atoms with Crippen LogP contribution in [-0.2, 0) is 11.0 Å². The topological polar surface area (TPSA) is 32.8 Å². The average Bonchev–Trinajstić information content (AvgIpc) is 2.92. The SMILES string of the molecule is CN(C)C[C@@H]1CCN(C(=O)COc2ccc(C(F)(F)F)cc2)C1. The second-order valence-corrected chi connectivity index (χ2v) is 6.07. The molecule has 0 aromatic heterocycles. The van der Waals surface area contributed by atoms with Crippen LogP contribution in [-0.4, -0.2) is 56.0 Å². The predicted molar refractivity (Wildman–Crippen MR) is 80.2 cm³/mol. The number of carbonyl (C=O) groups excluding carboxylic acids is 1. The molecule has 23 heavy (non-hydrogen) atoms. The Morgan fingerprint density at radius 2 is 1.96 bits per heavy atom. The highest BCUT2D eigenvalue weighted by Gasteiger charge is 2.30. The summed E-state index contributed by atoms with van der Waals surface area (Å²) in [5.74, 6) is 0.585. The van der Waals surface area contributed by atoms with Crippen LogP contribution in [0.3, 0.4) is 0 Å². The summed E-state index contributed by atoms with van der Waals surface area (Å²) in [5.41, 5.74) is -0.734. The Morgan fingerprint density at radius 3 is 2.52 bits per heavy atom. The minimum absolute atomic E-state index is 0.133. The second-order valence-electron chi connectivity index (χ2n) is 6.07. The van der Waals surface area contributed by atoms with Crippen molar-refractivity contribution >= 4 is 5.91 Å². The van der Waals surface area contributed by atoms with Gasteiger partial charge in [0.25, 0.3) is 5.91 Å². The summed E-state index contributed by atoms with van der Waals surface area (Å²) in [6, 6.07) is 4.36. The summed E-state index contributed by atoms with van der Waals surface area (Å²) in [5, 5.41) is 0. The molecule has 4 nitrogen and oxygen atoms in total. The number of rotatable bonds is 5. The van der Waals surface area contributed by atoms with Crippen molar-refractivity contribution < 1.29 is 22.7 Å². The van der Waals surface area contributed by atoms with Gasteiger partial charge in [0.05, 0.1) is 5.56 Å². The maximum atomic E-state index is 12.5. The molecule has 0 N–H and O–H groups in total. The van der Waals surface area contributed by atoms with Crippen LogP contribution in [0.5, 0.6) is 5.75 Å². The van der Waals surface area contributed by atoms with E-state index in [2.05, 4.69) is 4.90 Å². The third-order valence-electron chi connectivity index (χ3n) is 3.81. The molecular weight excluding hydrogens is 309 g/mol. The zero-order valence-electron chi connectivity index (χ0n) is 13.3. The Kier molecular flexibility index (Phi) is 5.51. The van der Waals surface area contributed by atoms with Gasteiger partial charge in [-0.3, -0.25) is 4.79 Å². The van der Waals surface area contributed by atoms with Crippen molar-refractivity contribution in [2.45, 2.75) is 12.6 Å². The molecule has 0 unspecified atom stereocenters. The van der Waals surface area contributed by atoms with Gasteiger partial charge in [-0.2, -0.15) is 13.2 Å². The van der Waals surface area contributed by atoms with E-state index in [0.717, 1.165) is 25.1 Å². The highest BCUT2D eigenvalue weighted by Crippen LogP contribution is 2.30. The average molecular weight is 330 g/mol. The molecule has 1 aromatic carbocycles. The smallest absolute Gasteiger partial charge is 0.416 e. The van der Waals surface area contributed by atoms with E-state index < -0.39 is 11.7 Å². The molecule has 1 saturated heterocycles. The molecule has 1 aliphatic rings. The molecular formula is C16H21F3N2O2. The summed E-state index contributed by atoms with van der Waals surface area (Å²) < 4.78 is 42.7. The van der Waals surface area contributed by atoms with Gasteiger partial charge in [0.2, 0.25) is 0 Å². The molecule has 0 spiro atoms. The summed E-state index contributed by atoms with van der Waals surface area (Å²) in [6.45, 7) is 2.19. The van der Waals surface area contributed by atoms with E-state index in [4.69, 9.17) is 4.74 Å². The van der Waals surface area contributed by atoms with Crippen LogP contribution in [0.2, 0.25) is 0 Å². The Bertz CT molecular complexity index is 529. The highest BCUT2D eigenvalue weighted by atomic mass is 19.4. The summed E-state index contributed by atoms with van der Waals surface area (Å²) in [6.07, 6.45) is -3.41.